The summed E-state index contributed by atoms with van der Waals surface area (Å²) in [6.45, 7) is 4.51. The van der Waals surface area contributed by atoms with Crippen LogP contribution in [-0.2, 0) is 21.4 Å². The van der Waals surface area contributed by atoms with Crippen LogP contribution in [0.15, 0.2) is 47.4 Å². The Balaban J connectivity index is 1.92. The van der Waals surface area contributed by atoms with Gasteiger partial charge in [0, 0.05) is 6.54 Å². The summed E-state index contributed by atoms with van der Waals surface area (Å²) in [5.74, 6) is 0.648. The van der Waals surface area contributed by atoms with Gasteiger partial charge in [0.15, 0.2) is 0 Å². The maximum atomic E-state index is 12.5. The third-order valence-electron chi connectivity index (χ3n) is 3.59. The number of ether oxygens (including phenoxy) is 2. The third-order valence-corrected chi connectivity index (χ3v) is 5.35. The maximum Gasteiger partial charge on any atom is 0.241 e. The van der Waals surface area contributed by atoms with Gasteiger partial charge in [-0.05, 0) is 42.7 Å². The van der Waals surface area contributed by atoms with Gasteiger partial charge < -0.3 is 9.47 Å². The minimum Gasteiger partial charge on any atom is -0.497 e. The third kappa shape index (κ3) is 4.80. The largest absolute Gasteiger partial charge is 0.497 e. The van der Waals surface area contributed by atoms with E-state index >= 15 is 0 Å². The Morgan fingerprint density at radius 3 is 2.25 bits per heavy atom. The first-order chi connectivity index (χ1) is 11.4. The first-order valence-corrected chi connectivity index (χ1v) is 9.19. The number of sulfonamides is 1. The summed E-state index contributed by atoms with van der Waals surface area (Å²) in [4.78, 5) is 0.298. The predicted molar refractivity (Wildman–Crippen MR) is 93.8 cm³/mol. The fourth-order valence-electron chi connectivity index (χ4n) is 2.54. The van der Waals surface area contributed by atoms with Crippen molar-refractivity contribution in [2.75, 3.05) is 20.3 Å². The number of aryl methyl sites for hydroxylation is 2. The molecule has 0 heterocycles. The molecule has 0 amide bonds. The van der Waals surface area contributed by atoms with Crippen LogP contribution in [0.2, 0.25) is 0 Å². The van der Waals surface area contributed by atoms with Crippen molar-refractivity contribution in [2.45, 2.75) is 25.3 Å². The number of hydrogen-bond donors (Lipinski definition) is 1. The molecule has 0 bridgehead atoms. The summed E-state index contributed by atoms with van der Waals surface area (Å²) in [5, 5.41) is 0. The molecular weight excluding hydrogens is 326 g/mol. The van der Waals surface area contributed by atoms with E-state index in [9.17, 15) is 8.42 Å². The average Bonchev–Trinajstić information content (AvgIpc) is 2.54. The van der Waals surface area contributed by atoms with Gasteiger partial charge in [0.2, 0.25) is 10.0 Å². The monoisotopic (exact) mass is 349 g/mol. The zero-order valence-electron chi connectivity index (χ0n) is 14.2. The topological polar surface area (TPSA) is 64.6 Å². The summed E-state index contributed by atoms with van der Waals surface area (Å²) < 4.78 is 38.2. The molecule has 130 valence electrons. The molecule has 0 radical (unpaired) electrons. The Hall–Kier alpha value is -1.89. The van der Waals surface area contributed by atoms with E-state index in [1.165, 1.54) is 0 Å². The second-order valence-corrected chi connectivity index (χ2v) is 7.23. The van der Waals surface area contributed by atoms with Gasteiger partial charge in [0.25, 0.3) is 0 Å². The van der Waals surface area contributed by atoms with E-state index in [4.69, 9.17) is 9.47 Å². The number of hydrogen-bond acceptors (Lipinski definition) is 4. The molecule has 0 aromatic heterocycles. The zero-order chi connectivity index (χ0) is 17.6. The van der Waals surface area contributed by atoms with E-state index in [0.717, 1.165) is 5.56 Å². The van der Waals surface area contributed by atoms with Crippen molar-refractivity contribution < 1.29 is 17.9 Å². The molecule has 2 rings (SSSR count). The lowest BCUT2D eigenvalue weighted by atomic mass is 10.1. The van der Waals surface area contributed by atoms with Crippen LogP contribution in [0, 0.1) is 13.8 Å². The van der Waals surface area contributed by atoms with Gasteiger partial charge in [-0.3, -0.25) is 0 Å². The van der Waals surface area contributed by atoms with E-state index in [1.807, 2.05) is 30.3 Å². The van der Waals surface area contributed by atoms with Gasteiger partial charge in [-0.25, -0.2) is 13.1 Å². The van der Waals surface area contributed by atoms with Gasteiger partial charge in [-0.2, -0.15) is 0 Å². The molecule has 0 aliphatic heterocycles. The highest BCUT2D eigenvalue weighted by molar-refractivity contribution is 7.89. The molecule has 6 heteroatoms. The van der Waals surface area contributed by atoms with Crippen LogP contribution >= 0.6 is 0 Å². The van der Waals surface area contributed by atoms with Crippen molar-refractivity contribution >= 4 is 10.0 Å². The van der Waals surface area contributed by atoms with Crippen LogP contribution < -0.4 is 9.46 Å². The number of methoxy groups -OCH3 is 1. The van der Waals surface area contributed by atoms with Gasteiger partial charge in [0.05, 0.1) is 25.2 Å². The quantitative estimate of drug-likeness (QED) is 0.744. The molecule has 0 aliphatic rings. The molecular formula is C18H23NO4S. The van der Waals surface area contributed by atoms with Crippen molar-refractivity contribution in [3.05, 3.63) is 59.2 Å². The van der Waals surface area contributed by atoms with Crippen molar-refractivity contribution in [3.63, 3.8) is 0 Å². The van der Waals surface area contributed by atoms with Crippen LogP contribution in [0.5, 0.6) is 5.75 Å². The Morgan fingerprint density at radius 1 is 1.04 bits per heavy atom. The average molecular weight is 349 g/mol. The molecule has 0 saturated carbocycles. The Kier molecular flexibility index (Phi) is 6.36. The summed E-state index contributed by atoms with van der Waals surface area (Å²) in [6, 6.07) is 13.2. The summed E-state index contributed by atoms with van der Waals surface area (Å²) in [7, 11) is -2.02. The molecule has 0 fully saturated rings. The molecule has 5 nitrogen and oxygen atoms in total. The second kappa shape index (κ2) is 8.28. The van der Waals surface area contributed by atoms with E-state index in [0.29, 0.717) is 35.0 Å². The number of benzene rings is 2. The van der Waals surface area contributed by atoms with Gasteiger partial charge in [0.1, 0.15) is 5.75 Å². The van der Waals surface area contributed by atoms with Crippen LogP contribution in [0.4, 0.5) is 0 Å². The minimum absolute atomic E-state index is 0.222. The van der Waals surface area contributed by atoms with E-state index in [-0.39, 0.29) is 6.54 Å². The fraction of sp³-hybridized carbons (Fsp3) is 0.333. The smallest absolute Gasteiger partial charge is 0.241 e. The Labute approximate surface area is 143 Å². The molecule has 2 aromatic rings. The molecule has 0 unspecified atom stereocenters. The van der Waals surface area contributed by atoms with Crippen molar-refractivity contribution in [2.24, 2.45) is 0 Å². The highest BCUT2D eigenvalue weighted by Gasteiger charge is 2.19. The molecule has 0 spiro atoms. The van der Waals surface area contributed by atoms with Crippen LogP contribution in [0.1, 0.15) is 16.7 Å². The summed E-state index contributed by atoms with van der Waals surface area (Å²) in [5.41, 5.74) is 2.37. The van der Waals surface area contributed by atoms with E-state index in [2.05, 4.69) is 4.72 Å². The molecule has 0 aliphatic carbocycles. The molecule has 1 N–H and O–H groups in total. The van der Waals surface area contributed by atoms with Crippen molar-refractivity contribution in [1.82, 2.24) is 4.72 Å². The molecule has 0 saturated heterocycles. The number of nitrogens with one attached hydrogen (secondary N) is 1. The molecule has 0 atom stereocenters. The Bertz CT molecular complexity index is 750. The Morgan fingerprint density at radius 2 is 1.67 bits per heavy atom. The van der Waals surface area contributed by atoms with E-state index in [1.54, 1.807) is 33.1 Å². The number of rotatable bonds is 8. The zero-order valence-corrected chi connectivity index (χ0v) is 15.0. The minimum atomic E-state index is -3.58. The fourth-order valence-corrected chi connectivity index (χ4v) is 4.00. The SMILES string of the molecule is COc1cc(C)c(S(=O)(=O)NCCOCc2ccccc2)c(C)c1. The lowest BCUT2D eigenvalue weighted by molar-refractivity contribution is 0.126. The van der Waals surface area contributed by atoms with Crippen molar-refractivity contribution in [1.29, 1.82) is 0 Å². The second-order valence-electron chi connectivity index (χ2n) is 5.53. The van der Waals surface area contributed by atoms with Gasteiger partial charge >= 0.3 is 0 Å². The lowest BCUT2D eigenvalue weighted by Gasteiger charge is -2.13. The van der Waals surface area contributed by atoms with Crippen molar-refractivity contribution in [3.8, 4) is 5.75 Å². The van der Waals surface area contributed by atoms with Crippen LogP contribution in [0.25, 0.3) is 0 Å². The normalized spacial score (nSPS) is 11.5. The molecule has 2 aromatic carbocycles. The lowest BCUT2D eigenvalue weighted by Crippen LogP contribution is -2.28. The van der Waals surface area contributed by atoms with Crippen LogP contribution in [0.3, 0.4) is 0 Å². The first-order valence-electron chi connectivity index (χ1n) is 7.70. The maximum absolute atomic E-state index is 12.5. The standard InChI is InChI=1S/C18H23NO4S/c1-14-11-17(22-3)12-15(2)18(14)24(20,21)19-9-10-23-13-16-7-5-4-6-8-16/h4-8,11-12,19H,9-10,13H2,1-3H3. The predicted octanol–water partition coefficient (Wildman–Crippen LogP) is 2.81. The highest BCUT2D eigenvalue weighted by atomic mass is 32.2. The highest BCUT2D eigenvalue weighted by Crippen LogP contribution is 2.25. The summed E-state index contributed by atoms with van der Waals surface area (Å²) in [6.07, 6.45) is 0. The first kappa shape index (κ1) is 18.4. The van der Waals surface area contributed by atoms with Crippen LogP contribution in [-0.4, -0.2) is 28.7 Å². The molecule has 24 heavy (non-hydrogen) atoms. The van der Waals surface area contributed by atoms with E-state index < -0.39 is 10.0 Å². The van der Waals surface area contributed by atoms with Gasteiger partial charge in [-0.15, -0.1) is 0 Å². The summed E-state index contributed by atoms with van der Waals surface area (Å²) >= 11 is 0. The van der Waals surface area contributed by atoms with Gasteiger partial charge in [-0.1, -0.05) is 30.3 Å².